The van der Waals surface area contributed by atoms with Gasteiger partial charge in [-0.3, -0.25) is 4.79 Å². The highest BCUT2D eigenvalue weighted by Crippen LogP contribution is 2.36. The highest BCUT2D eigenvalue weighted by molar-refractivity contribution is 7.18. The number of amides is 1. The maximum Gasteiger partial charge on any atom is 0.320 e. The highest BCUT2D eigenvalue weighted by atomic mass is 32.1. The van der Waals surface area contributed by atoms with E-state index in [1.54, 1.807) is 29.5 Å². The third-order valence-corrected chi connectivity index (χ3v) is 5.54. The number of fused-ring (bicyclic) bond motifs is 1. The maximum atomic E-state index is 12.9. The van der Waals surface area contributed by atoms with Crippen molar-refractivity contribution in [2.24, 2.45) is 0 Å². The van der Waals surface area contributed by atoms with E-state index in [-0.39, 0.29) is 17.6 Å². The topological polar surface area (TPSA) is 60.1 Å². The van der Waals surface area contributed by atoms with E-state index in [1.165, 1.54) is 6.20 Å². The molecule has 1 aromatic carbocycles. The molecule has 0 radical (unpaired) electrons. The van der Waals surface area contributed by atoms with E-state index in [4.69, 9.17) is 4.98 Å². The number of carbonyl (C=O) groups excluding carboxylic acids is 1. The van der Waals surface area contributed by atoms with Crippen LogP contribution in [0.1, 0.15) is 40.8 Å². The summed E-state index contributed by atoms with van der Waals surface area (Å²) in [7, 11) is 0. The van der Waals surface area contributed by atoms with Gasteiger partial charge in [0, 0.05) is 18.7 Å². The van der Waals surface area contributed by atoms with Crippen LogP contribution in [0.3, 0.4) is 0 Å². The lowest BCUT2D eigenvalue weighted by Crippen LogP contribution is -2.44. The van der Waals surface area contributed by atoms with Crippen LogP contribution < -0.4 is 4.73 Å². The second kappa shape index (κ2) is 6.20. The van der Waals surface area contributed by atoms with Gasteiger partial charge in [0.1, 0.15) is 5.01 Å². The zero-order valence-electron chi connectivity index (χ0n) is 13.1. The summed E-state index contributed by atoms with van der Waals surface area (Å²) >= 11 is 1.63. The number of aromatic nitrogens is 2. The van der Waals surface area contributed by atoms with E-state index in [9.17, 15) is 10.0 Å². The molecule has 0 N–H and O–H groups in total. The number of para-hydroxylation sites is 1. The van der Waals surface area contributed by atoms with Gasteiger partial charge in [0.15, 0.2) is 6.20 Å². The number of carbonyl (C=O) groups is 1. The van der Waals surface area contributed by atoms with Crippen LogP contribution in [-0.4, -0.2) is 22.3 Å². The first-order chi connectivity index (χ1) is 11.7. The Bertz CT molecular complexity index is 860. The molecule has 0 bridgehead atoms. The standard InChI is InChI=1S/C18H17N3O2S/c22-18(15-9-4-6-12-21(15)23)20-11-5-3-8-14(20)17-19-13-7-1-2-10-16(13)24-17/h1-2,4,6-7,9-10,12,14H,3,5,8,11H2. The van der Waals surface area contributed by atoms with Crippen molar-refractivity contribution in [2.45, 2.75) is 25.3 Å². The summed E-state index contributed by atoms with van der Waals surface area (Å²) in [5, 5.41) is 12.9. The minimum Gasteiger partial charge on any atom is -0.618 e. The summed E-state index contributed by atoms with van der Waals surface area (Å²) in [5.74, 6) is -0.213. The Morgan fingerprint density at radius 2 is 2.04 bits per heavy atom. The second-order valence-corrected chi connectivity index (χ2v) is 7.00. The van der Waals surface area contributed by atoms with Crippen molar-refractivity contribution in [3.05, 3.63) is 64.6 Å². The molecule has 122 valence electrons. The van der Waals surface area contributed by atoms with Crippen molar-refractivity contribution in [3.8, 4) is 0 Å². The van der Waals surface area contributed by atoms with Crippen molar-refractivity contribution in [1.82, 2.24) is 9.88 Å². The Morgan fingerprint density at radius 1 is 1.21 bits per heavy atom. The van der Waals surface area contributed by atoms with E-state index >= 15 is 0 Å². The fourth-order valence-electron chi connectivity index (χ4n) is 3.20. The molecule has 1 atom stereocenters. The van der Waals surface area contributed by atoms with Crippen LogP contribution in [0.15, 0.2) is 48.7 Å². The van der Waals surface area contributed by atoms with E-state index in [0.717, 1.165) is 34.5 Å². The van der Waals surface area contributed by atoms with Gasteiger partial charge in [-0.05, 0) is 37.5 Å². The fraction of sp³-hybridized carbons (Fsp3) is 0.278. The Morgan fingerprint density at radius 3 is 2.88 bits per heavy atom. The van der Waals surface area contributed by atoms with Crippen molar-refractivity contribution >= 4 is 27.5 Å². The number of benzene rings is 1. The van der Waals surface area contributed by atoms with Crippen LogP contribution in [0.25, 0.3) is 10.2 Å². The molecule has 3 aromatic rings. The highest BCUT2D eigenvalue weighted by Gasteiger charge is 2.33. The molecule has 2 aromatic heterocycles. The average molecular weight is 339 g/mol. The summed E-state index contributed by atoms with van der Waals surface area (Å²) < 4.78 is 1.77. The molecule has 1 unspecified atom stereocenters. The van der Waals surface area contributed by atoms with Gasteiger partial charge in [-0.15, -0.1) is 11.3 Å². The monoisotopic (exact) mass is 339 g/mol. The van der Waals surface area contributed by atoms with Crippen molar-refractivity contribution in [3.63, 3.8) is 0 Å². The quantitative estimate of drug-likeness (QED) is 0.532. The molecular formula is C18H17N3O2S. The molecule has 1 fully saturated rings. The van der Waals surface area contributed by atoms with Crippen LogP contribution in [0.5, 0.6) is 0 Å². The third-order valence-electron chi connectivity index (χ3n) is 4.40. The Labute approximate surface area is 143 Å². The zero-order chi connectivity index (χ0) is 16.5. The first-order valence-electron chi connectivity index (χ1n) is 8.08. The predicted octanol–water partition coefficient (Wildman–Crippen LogP) is 3.30. The molecule has 1 aliphatic rings. The van der Waals surface area contributed by atoms with E-state index in [2.05, 4.69) is 0 Å². The smallest absolute Gasteiger partial charge is 0.320 e. The summed E-state index contributed by atoms with van der Waals surface area (Å²) in [5.41, 5.74) is 1.14. The molecule has 5 nitrogen and oxygen atoms in total. The van der Waals surface area contributed by atoms with Gasteiger partial charge >= 0.3 is 5.91 Å². The Hall–Kier alpha value is -2.47. The number of thiazole rings is 1. The largest absolute Gasteiger partial charge is 0.618 e. The number of nitrogens with zero attached hydrogens (tertiary/aromatic N) is 3. The molecule has 4 rings (SSSR count). The molecule has 0 saturated carbocycles. The van der Waals surface area contributed by atoms with Gasteiger partial charge in [0.25, 0.3) is 5.69 Å². The number of likely N-dealkylation sites (tertiary alicyclic amines) is 1. The lowest BCUT2D eigenvalue weighted by atomic mass is 10.0. The average Bonchev–Trinajstić information content (AvgIpc) is 3.05. The van der Waals surface area contributed by atoms with Gasteiger partial charge in [0.2, 0.25) is 0 Å². The summed E-state index contributed by atoms with van der Waals surface area (Å²) in [6.07, 6.45) is 4.27. The van der Waals surface area contributed by atoms with Crippen LogP contribution in [0.2, 0.25) is 0 Å². The van der Waals surface area contributed by atoms with Crippen LogP contribution >= 0.6 is 11.3 Å². The first-order valence-corrected chi connectivity index (χ1v) is 8.90. The third kappa shape index (κ3) is 2.63. The van der Waals surface area contributed by atoms with Gasteiger partial charge in [-0.25, -0.2) is 4.98 Å². The van der Waals surface area contributed by atoms with Crippen molar-refractivity contribution in [1.29, 1.82) is 0 Å². The molecule has 0 spiro atoms. The summed E-state index contributed by atoms with van der Waals surface area (Å²) in [4.78, 5) is 19.4. The molecule has 1 amide bonds. The maximum absolute atomic E-state index is 12.9. The van der Waals surface area contributed by atoms with E-state index < -0.39 is 0 Å². The predicted molar refractivity (Wildman–Crippen MR) is 92.7 cm³/mol. The summed E-state index contributed by atoms with van der Waals surface area (Å²) in [6.45, 7) is 0.661. The van der Waals surface area contributed by atoms with Gasteiger partial charge < -0.3 is 10.1 Å². The molecule has 3 heterocycles. The van der Waals surface area contributed by atoms with Crippen LogP contribution in [0, 0.1) is 5.21 Å². The Balaban J connectivity index is 1.70. The fourth-order valence-corrected chi connectivity index (χ4v) is 4.32. The minimum absolute atomic E-state index is 0.0520. The van der Waals surface area contributed by atoms with Crippen LogP contribution in [-0.2, 0) is 0 Å². The first kappa shape index (κ1) is 15.1. The second-order valence-electron chi connectivity index (χ2n) is 5.94. The summed E-state index contributed by atoms with van der Waals surface area (Å²) in [6, 6.07) is 12.9. The molecular weight excluding hydrogens is 322 g/mol. The number of piperidine rings is 1. The van der Waals surface area contributed by atoms with Crippen molar-refractivity contribution in [2.75, 3.05) is 6.54 Å². The van der Waals surface area contributed by atoms with Gasteiger partial charge in [0.05, 0.1) is 16.3 Å². The minimum atomic E-state index is -0.213. The molecule has 6 heteroatoms. The number of pyridine rings is 1. The van der Waals surface area contributed by atoms with E-state index in [0.29, 0.717) is 11.3 Å². The van der Waals surface area contributed by atoms with E-state index in [1.807, 2.05) is 29.2 Å². The van der Waals surface area contributed by atoms with Crippen LogP contribution in [0.4, 0.5) is 0 Å². The molecule has 24 heavy (non-hydrogen) atoms. The number of hydrogen-bond donors (Lipinski definition) is 0. The Kier molecular flexibility index (Phi) is 3.90. The van der Waals surface area contributed by atoms with Gasteiger partial charge in [-0.1, -0.05) is 12.1 Å². The number of hydrogen-bond acceptors (Lipinski definition) is 4. The molecule has 1 saturated heterocycles. The van der Waals surface area contributed by atoms with Gasteiger partial charge in [-0.2, -0.15) is 4.73 Å². The van der Waals surface area contributed by atoms with Crippen molar-refractivity contribution < 1.29 is 9.52 Å². The lowest BCUT2D eigenvalue weighted by molar-refractivity contribution is -0.608. The molecule has 1 aliphatic heterocycles. The normalized spacial score (nSPS) is 18.0. The number of rotatable bonds is 2. The molecule has 0 aliphatic carbocycles. The zero-order valence-corrected chi connectivity index (χ0v) is 13.9. The lowest BCUT2D eigenvalue weighted by Gasteiger charge is -2.33. The SMILES string of the molecule is O=C(c1cccc[n+]1[O-])N1CCCCC1c1nc2ccccc2s1.